The molecule has 0 fully saturated rings. The lowest BCUT2D eigenvalue weighted by molar-refractivity contribution is -0.131. The quantitative estimate of drug-likeness (QED) is 0.341. The SMILES string of the molecule is CC(=O)Oc1ccc(/C=C(/C#N)C(=O)Nc2ccc(Cl)cc2)cc1Br. The molecule has 0 bridgehead atoms. The van der Waals surface area contributed by atoms with E-state index >= 15 is 0 Å². The van der Waals surface area contributed by atoms with Gasteiger partial charge in [-0.1, -0.05) is 17.7 Å². The average Bonchev–Trinajstić information content (AvgIpc) is 2.56. The van der Waals surface area contributed by atoms with Gasteiger partial charge < -0.3 is 10.1 Å². The molecule has 5 nitrogen and oxygen atoms in total. The van der Waals surface area contributed by atoms with Crippen molar-refractivity contribution < 1.29 is 14.3 Å². The lowest BCUT2D eigenvalue weighted by Gasteiger charge is -2.06. The molecule has 0 aliphatic rings. The highest BCUT2D eigenvalue weighted by molar-refractivity contribution is 9.10. The first-order valence-corrected chi connectivity index (χ1v) is 8.23. The standard InChI is InChI=1S/C18H12BrClN2O3/c1-11(23)25-17-7-2-12(9-16(17)19)8-13(10-21)18(24)22-15-5-3-14(20)4-6-15/h2-9H,1H3,(H,22,24)/b13-8-. The maximum atomic E-state index is 12.2. The fourth-order valence-electron chi connectivity index (χ4n) is 1.89. The summed E-state index contributed by atoms with van der Waals surface area (Å²) in [5.74, 6) is -0.622. The Labute approximate surface area is 158 Å². The number of anilines is 1. The number of rotatable bonds is 4. The van der Waals surface area contributed by atoms with Gasteiger partial charge in [-0.2, -0.15) is 5.26 Å². The molecule has 1 N–H and O–H groups in total. The topological polar surface area (TPSA) is 79.2 Å². The third-order valence-electron chi connectivity index (χ3n) is 2.99. The summed E-state index contributed by atoms with van der Waals surface area (Å²) in [5.41, 5.74) is 1.06. The van der Waals surface area contributed by atoms with Crippen LogP contribution < -0.4 is 10.1 Å². The predicted molar refractivity (Wildman–Crippen MR) is 99.1 cm³/mol. The molecule has 25 heavy (non-hydrogen) atoms. The summed E-state index contributed by atoms with van der Waals surface area (Å²) in [6, 6.07) is 13.3. The number of carbonyl (C=O) groups is 2. The summed E-state index contributed by atoms with van der Waals surface area (Å²) in [7, 11) is 0. The zero-order valence-corrected chi connectivity index (χ0v) is 15.4. The second-order valence-electron chi connectivity index (χ2n) is 4.91. The van der Waals surface area contributed by atoms with Gasteiger partial charge in [-0.25, -0.2) is 0 Å². The Kier molecular flexibility index (Phi) is 6.34. The fraction of sp³-hybridized carbons (Fsp3) is 0.0556. The molecule has 0 unspecified atom stereocenters. The van der Waals surface area contributed by atoms with Crippen molar-refractivity contribution in [3.05, 3.63) is 63.1 Å². The molecule has 2 aromatic rings. The highest BCUT2D eigenvalue weighted by Crippen LogP contribution is 2.27. The van der Waals surface area contributed by atoms with Crippen LogP contribution >= 0.6 is 27.5 Å². The van der Waals surface area contributed by atoms with Crippen LogP contribution in [-0.4, -0.2) is 11.9 Å². The molecular formula is C18H12BrClN2O3. The van der Waals surface area contributed by atoms with E-state index in [2.05, 4.69) is 21.2 Å². The number of benzene rings is 2. The molecule has 1 amide bonds. The number of halogens is 2. The van der Waals surface area contributed by atoms with Crippen molar-refractivity contribution in [2.75, 3.05) is 5.32 Å². The molecule has 0 aromatic heterocycles. The van der Waals surface area contributed by atoms with Crippen molar-refractivity contribution in [3.63, 3.8) is 0 Å². The Hall–Kier alpha value is -2.62. The highest BCUT2D eigenvalue weighted by Gasteiger charge is 2.11. The van der Waals surface area contributed by atoms with Gasteiger partial charge in [0.25, 0.3) is 5.91 Å². The Bertz CT molecular complexity index is 886. The Morgan fingerprint density at radius 1 is 1.24 bits per heavy atom. The largest absolute Gasteiger partial charge is 0.426 e. The van der Waals surface area contributed by atoms with E-state index in [0.29, 0.717) is 26.5 Å². The van der Waals surface area contributed by atoms with Gasteiger partial charge in [0, 0.05) is 17.6 Å². The molecule has 126 valence electrons. The summed E-state index contributed by atoms with van der Waals surface area (Å²) < 4.78 is 5.54. The van der Waals surface area contributed by atoms with Gasteiger partial charge in [-0.3, -0.25) is 9.59 Å². The average molecular weight is 420 g/mol. The normalized spacial score (nSPS) is 10.7. The van der Waals surface area contributed by atoms with E-state index in [1.54, 1.807) is 42.5 Å². The second kappa shape index (κ2) is 8.47. The van der Waals surface area contributed by atoms with E-state index in [-0.39, 0.29) is 5.57 Å². The van der Waals surface area contributed by atoms with E-state index in [0.717, 1.165) is 0 Å². The zero-order chi connectivity index (χ0) is 18.4. The maximum absolute atomic E-state index is 12.2. The number of nitrogens with zero attached hydrogens (tertiary/aromatic N) is 1. The van der Waals surface area contributed by atoms with E-state index in [4.69, 9.17) is 16.3 Å². The van der Waals surface area contributed by atoms with Gasteiger partial charge in [0.05, 0.1) is 4.47 Å². The third-order valence-corrected chi connectivity index (χ3v) is 3.86. The first kappa shape index (κ1) is 18.7. The molecule has 0 saturated heterocycles. The second-order valence-corrected chi connectivity index (χ2v) is 6.21. The number of carbonyl (C=O) groups excluding carboxylic acids is 2. The van der Waals surface area contributed by atoms with Gasteiger partial charge in [0.15, 0.2) is 0 Å². The number of hydrogen-bond donors (Lipinski definition) is 1. The molecule has 0 spiro atoms. The van der Waals surface area contributed by atoms with Gasteiger partial charge in [-0.05, 0) is 64.0 Å². The van der Waals surface area contributed by atoms with Crippen LogP contribution in [0.4, 0.5) is 5.69 Å². The Morgan fingerprint density at radius 3 is 2.48 bits per heavy atom. The molecule has 2 rings (SSSR count). The van der Waals surface area contributed by atoms with Crippen molar-refractivity contribution in [1.82, 2.24) is 0 Å². The molecule has 0 atom stereocenters. The van der Waals surface area contributed by atoms with Crippen LogP contribution in [0.3, 0.4) is 0 Å². The number of nitriles is 1. The minimum atomic E-state index is -0.537. The molecule has 0 radical (unpaired) electrons. The fourth-order valence-corrected chi connectivity index (χ4v) is 2.49. The molecule has 2 aromatic carbocycles. The first-order chi connectivity index (χ1) is 11.9. The van der Waals surface area contributed by atoms with Gasteiger partial charge in [-0.15, -0.1) is 0 Å². The molecule has 0 heterocycles. The summed E-state index contributed by atoms with van der Waals surface area (Å²) in [4.78, 5) is 23.2. The first-order valence-electron chi connectivity index (χ1n) is 7.05. The lowest BCUT2D eigenvalue weighted by atomic mass is 10.1. The van der Waals surface area contributed by atoms with Gasteiger partial charge in [0.1, 0.15) is 17.4 Å². The third kappa shape index (κ3) is 5.45. The van der Waals surface area contributed by atoms with Crippen molar-refractivity contribution >= 4 is 51.2 Å². The van der Waals surface area contributed by atoms with Crippen molar-refractivity contribution in [2.24, 2.45) is 0 Å². The summed E-state index contributed by atoms with van der Waals surface area (Å²) in [5, 5.41) is 12.4. The summed E-state index contributed by atoms with van der Waals surface area (Å²) >= 11 is 9.07. The van der Waals surface area contributed by atoms with Gasteiger partial charge in [0.2, 0.25) is 0 Å². The molecule has 0 saturated carbocycles. The molecular weight excluding hydrogens is 408 g/mol. The Morgan fingerprint density at radius 2 is 1.92 bits per heavy atom. The van der Waals surface area contributed by atoms with E-state index < -0.39 is 11.9 Å². The predicted octanol–water partition coefficient (Wildman–Crippen LogP) is 4.57. The molecule has 7 heteroatoms. The van der Waals surface area contributed by atoms with Crippen LogP contribution in [0.2, 0.25) is 5.02 Å². The lowest BCUT2D eigenvalue weighted by Crippen LogP contribution is -2.13. The van der Waals surface area contributed by atoms with E-state index in [9.17, 15) is 14.9 Å². The van der Waals surface area contributed by atoms with Crippen molar-refractivity contribution in [3.8, 4) is 11.8 Å². The number of nitrogens with one attached hydrogen (secondary N) is 1. The minimum Gasteiger partial charge on any atom is -0.426 e. The summed E-state index contributed by atoms with van der Waals surface area (Å²) in [6.07, 6.45) is 1.44. The number of esters is 1. The monoisotopic (exact) mass is 418 g/mol. The van der Waals surface area contributed by atoms with E-state index in [1.807, 2.05) is 6.07 Å². The van der Waals surface area contributed by atoms with Crippen LogP contribution in [0.25, 0.3) is 6.08 Å². The zero-order valence-electron chi connectivity index (χ0n) is 13.0. The van der Waals surface area contributed by atoms with Gasteiger partial charge >= 0.3 is 5.97 Å². The van der Waals surface area contributed by atoms with E-state index in [1.165, 1.54) is 13.0 Å². The molecule has 0 aliphatic carbocycles. The van der Waals surface area contributed by atoms with Crippen LogP contribution in [0.15, 0.2) is 52.5 Å². The van der Waals surface area contributed by atoms with Crippen LogP contribution in [0.5, 0.6) is 5.75 Å². The minimum absolute atomic E-state index is 0.0675. The van der Waals surface area contributed by atoms with Crippen LogP contribution in [0.1, 0.15) is 12.5 Å². The number of amides is 1. The summed E-state index contributed by atoms with van der Waals surface area (Å²) in [6.45, 7) is 1.30. The van der Waals surface area contributed by atoms with Crippen molar-refractivity contribution in [1.29, 1.82) is 5.26 Å². The molecule has 0 aliphatic heterocycles. The van der Waals surface area contributed by atoms with Crippen LogP contribution in [0, 0.1) is 11.3 Å². The Balaban J connectivity index is 2.20. The highest BCUT2D eigenvalue weighted by atomic mass is 79.9. The number of ether oxygens (including phenoxy) is 1. The van der Waals surface area contributed by atoms with Crippen LogP contribution in [-0.2, 0) is 9.59 Å². The smallest absolute Gasteiger partial charge is 0.308 e. The number of hydrogen-bond acceptors (Lipinski definition) is 4. The maximum Gasteiger partial charge on any atom is 0.308 e. The van der Waals surface area contributed by atoms with Crippen molar-refractivity contribution in [2.45, 2.75) is 6.92 Å².